The van der Waals surface area contributed by atoms with Crippen molar-refractivity contribution in [2.24, 2.45) is 0 Å². The molecule has 0 aliphatic carbocycles. The van der Waals surface area contributed by atoms with Gasteiger partial charge in [0.2, 0.25) is 0 Å². The number of methoxy groups -OCH3 is 1. The molecule has 0 unspecified atom stereocenters. The summed E-state index contributed by atoms with van der Waals surface area (Å²) in [6.45, 7) is 0. The molecule has 7 heteroatoms. The second-order valence-corrected chi connectivity index (χ2v) is 5.55. The first kappa shape index (κ1) is 14.1. The van der Waals surface area contributed by atoms with Crippen LogP contribution in [0.2, 0.25) is 0 Å². The average Bonchev–Trinajstić information content (AvgIpc) is 2.43. The van der Waals surface area contributed by atoms with Gasteiger partial charge in [-0.05, 0) is 24.3 Å². The van der Waals surface area contributed by atoms with Gasteiger partial charge in [-0.2, -0.15) is 0 Å². The van der Waals surface area contributed by atoms with E-state index in [-0.39, 0.29) is 16.3 Å². The Morgan fingerprint density at radius 2 is 1.85 bits per heavy atom. The average molecular weight is 297 g/mol. The first-order chi connectivity index (χ1) is 9.45. The maximum atomic E-state index is 13.6. The van der Waals surface area contributed by atoms with Crippen LogP contribution in [0.5, 0.6) is 11.5 Å². The fraction of sp³-hybridized carbons (Fsp3) is 0.0769. The van der Waals surface area contributed by atoms with Crippen LogP contribution in [-0.4, -0.2) is 20.6 Å². The number of aromatic hydroxyl groups is 1. The van der Waals surface area contributed by atoms with Gasteiger partial charge in [-0.15, -0.1) is 0 Å². The third kappa shape index (κ3) is 2.67. The Balaban J connectivity index is 2.44. The van der Waals surface area contributed by atoms with Crippen molar-refractivity contribution in [2.45, 2.75) is 4.90 Å². The van der Waals surface area contributed by atoms with E-state index in [1.54, 1.807) is 6.07 Å². The first-order valence-corrected chi connectivity index (χ1v) is 7.07. The first-order valence-electron chi connectivity index (χ1n) is 5.59. The minimum Gasteiger partial charge on any atom is -0.505 e. The molecular formula is C13H12FNO4S. The fourth-order valence-electron chi connectivity index (χ4n) is 1.64. The van der Waals surface area contributed by atoms with Crippen LogP contribution in [-0.2, 0) is 10.0 Å². The molecule has 0 aliphatic rings. The lowest BCUT2D eigenvalue weighted by Gasteiger charge is -2.12. The van der Waals surface area contributed by atoms with Crippen molar-refractivity contribution in [1.29, 1.82) is 0 Å². The summed E-state index contributed by atoms with van der Waals surface area (Å²) in [5.74, 6) is -1.53. The van der Waals surface area contributed by atoms with Crippen molar-refractivity contribution in [3.63, 3.8) is 0 Å². The van der Waals surface area contributed by atoms with E-state index in [0.29, 0.717) is 0 Å². The molecule has 0 atom stereocenters. The van der Waals surface area contributed by atoms with Gasteiger partial charge in [-0.25, -0.2) is 12.8 Å². The van der Waals surface area contributed by atoms with Gasteiger partial charge in [0, 0.05) is 0 Å². The van der Waals surface area contributed by atoms with Crippen LogP contribution < -0.4 is 9.46 Å². The van der Waals surface area contributed by atoms with E-state index in [4.69, 9.17) is 4.74 Å². The molecule has 0 heterocycles. The molecule has 0 amide bonds. The Morgan fingerprint density at radius 1 is 1.15 bits per heavy atom. The summed E-state index contributed by atoms with van der Waals surface area (Å²) in [5.41, 5.74) is -0.337. The Kier molecular flexibility index (Phi) is 3.80. The van der Waals surface area contributed by atoms with E-state index in [0.717, 1.165) is 6.07 Å². The summed E-state index contributed by atoms with van der Waals surface area (Å²) >= 11 is 0. The monoisotopic (exact) mass is 297 g/mol. The Morgan fingerprint density at radius 3 is 2.55 bits per heavy atom. The molecule has 20 heavy (non-hydrogen) atoms. The zero-order valence-electron chi connectivity index (χ0n) is 10.5. The lowest BCUT2D eigenvalue weighted by molar-refractivity contribution is 0.403. The van der Waals surface area contributed by atoms with Gasteiger partial charge in [-0.3, -0.25) is 4.72 Å². The van der Waals surface area contributed by atoms with Crippen LogP contribution in [0.25, 0.3) is 0 Å². The zero-order valence-corrected chi connectivity index (χ0v) is 11.3. The molecule has 0 saturated carbocycles. The molecule has 0 spiro atoms. The standard InChI is InChI=1S/C13H12FNO4S/c1-19-11-7-2-3-8-12(11)20(17,18)15-9-5-4-6-10(16)13(9)14/h2-8,15-16H,1H3. The summed E-state index contributed by atoms with van der Waals surface area (Å²) in [5, 5.41) is 9.23. The van der Waals surface area contributed by atoms with E-state index in [2.05, 4.69) is 4.72 Å². The van der Waals surface area contributed by atoms with E-state index in [1.165, 1.54) is 37.4 Å². The number of nitrogens with one attached hydrogen (secondary N) is 1. The van der Waals surface area contributed by atoms with Crippen LogP contribution >= 0.6 is 0 Å². The number of ether oxygens (including phenoxy) is 1. The number of hydrogen-bond donors (Lipinski definition) is 2. The summed E-state index contributed by atoms with van der Waals surface area (Å²) < 4.78 is 45.1. The van der Waals surface area contributed by atoms with Gasteiger partial charge in [-0.1, -0.05) is 18.2 Å². The number of para-hydroxylation sites is 1. The topological polar surface area (TPSA) is 75.6 Å². The summed E-state index contributed by atoms with van der Waals surface area (Å²) in [6, 6.07) is 9.62. The summed E-state index contributed by atoms with van der Waals surface area (Å²) in [7, 11) is -2.68. The highest BCUT2D eigenvalue weighted by Gasteiger charge is 2.21. The van der Waals surface area contributed by atoms with Crippen molar-refractivity contribution in [3.05, 3.63) is 48.3 Å². The molecule has 2 aromatic rings. The van der Waals surface area contributed by atoms with Crippen molar-refractivity contribution in [2.75, 3.05) is 11.8 Å². The highest BCUT2D eigenvalue weighted by Crippen LogP contribution is 2.28. The smallest absolute Gasteiger partial charge is 0.265 e. The van der Waals surface area contributed by atoms with Gasteiger partial charge in [0.25, 0.3) is 10.0 Å². The Labute approximate surface area is 115 Å². The van der Waals surface area contributed by atoms with Gasteiger partial charge < -0.3 is 9.84 Å². The molecule has 0 bridgehead atoms. The molecule has 106 valence electrons. The van der Waals surface area contributed by atoms with E-state index < -0.39 is 21.6 Å². The number of phenolic OH excluding ortho intramolecular Hbond substituents is 1. The maximum Gasteiger partial charge on any atom is 0.265 e. The third-order valence-electron chi connectivity index (χ3n) is 2.58. The summed E-state index contributed by atoms with van der Waals surface area (Å²) in [6.07, 6.45) is 0. The molecular weight excluding hydrogens is 285 g/mol. The van der Waals surface area contributed by atoms with Crippen LogP contribution in [0, 0.1) is 5.82 Å². The minimum absolute atomic E-state index is 0.120. The molecule has 2 N–H and O–H groups in total. The number of hydrogen-bond acceptors (Lipinski definition) is 4. The van der Waals surface area contributed by atoms with Gasteiger partial charge >= 0.3 is 0 Å². The van der Waals surface area contributed by atoms with Crippen molar-refractivity contribution >= 4 is 15.7 Å². The zero-order chi connectivity index (χ0) is 14.8. The molecule has 5 nitrogen and oxygen atoms in total. The molecule has 2 rings (SSSR count). The quantitative estimate of drug-likeness (QED) is 0.908. The SMILES string of the molecule is COc1ccccc1S(=O)(=O)Nc1cccc(O)c1F. The predicted octanol–water partition coefficient (Wildman–Crippen LogP) is 2.34. The van der Waals surface area contributed by atoms with Crippen LogP contribution in [0.3, 0.4) is 0 Å². The Hall–Kier alpha value is -2.28. The van der Waals surface area contributed by atoms with Crippen molar-refractivity contribution < 1.29 is 22.7 Å². The van der Waals surface area contributed by atoms with Crippen LogP contribution in [0.15, 0.2) is 47.4 Å². The lowest BCUT2D eigenvalue weighted by atomic mass is 10.3. The number of rotatable bonds is 4. The van der Waals surface area contributed by atoms with Crippen molar-refractivity contribution in [1.82, 2.24) is 0 Å². The molecule has 0 aromatic heterocycles. The van der Waals surface area contributed by atoms with Crippen LogP contribution in [0.4, 0.5) is 10.1 Å². The maximum absolute atomic E-state index is 13.6. The highest BCUT2D eigenvalue weighted by atomic mass is 32.2. The highest BCUT2D eigenvalue weighted by molar-refractivity contribution is 7.92. The number of benzene rings is 2. The van der Waals surface area contributed by atoms with E-state index >= 15 is 0 Å². The number of sulfonamides is 1. The molecule has 0 radical (unpaired) electrons. The van der Waals surface area contributed by atoms with Crippen LogP contribution in [0.1, 0.15) is 0 Å². The lowest BCUT2D eigenvalue weighted by Crippen LogP contribution is -2.15. The van der Waals surface area contributed by atoms with Crippen molar-refractivity contribution in [3.8, 4) is 11.5 Å². The van der Waals surface area contributed by atoms with E-state index in [1.807, 2.05) is 0 Å². The molecule has 0 aliphatic heterocycles. The number of anilines is 1. The molecule has 2 aromatic carbocycles. The minimum atomic E-state index is -4.02. The van der Waals surface area contributed by atoms with Gasteiger partial charge in [0.15, 0.2) is 11.6 Å². The van der Waals surface area contributed by atoms with E-state index in [9.17, 15) is 17.9 Å². The summed E-state index contributed by atoms with van der Waals surface area (Å²) in [4.78, 5) is -0.120. The number of phenols is 1. The fourth-order valence-corrected chi connectivity index (χ4v) is 2.87. The molecule has 0 fully saturated rings. The number of halogens is 1. The third-order valence-corrected chi connectivity index (χ3v) is 3.99. The molecule has 0 saturated heterocycles. The second-order valence-electron chi connectivity index (χ2n) is 3.90. The predicted molar refractivity (Wildman–Crippen MR) is 71.9 cm³/mol. The Bertz CT molecular complexity index is 731. The largest absolute Gasteiger partial charge is 0.505 e. The van der Waals surface area contributed by atoms with Gasteiger partial charge in [0.05, 0.1) is 12.8 Å². The normalized spacial score (nSPS) is 11.1. The second kappa shape index (κ2) is 5.38. The van der Waals surface area contributed by atoms with Gasteiger partial charge in [0.1, 0.15) is 10.6 Å².